The summed E-state index contributed by atoms with van der Waals surface area (Å²) in [4.78, 5) is 11.5. The number of aromatic nitrogens is 1. The van der Waals surface area contributed by atoms with Crippen molar-refractivity contribution in [2.24, 2.45) is 7.05 Å². The van der Waals surface area contributed by atoms with E-state index in [1.165, 1.54) is 10.1 Å². The Balaban J connectivity index is 2.34. The molecule has 1 aromatic carbocycles. The number of hydrogen-bond acceptors (Lipinski definition) is 4. The maximum Gasteiger partial charge on any atom is 0.419 e. The van der Waals surface area contributed by atoms with Gasteiger partial charge in [0.15, 0.2) is 5.58 Å². The van der Waals surface area contributed by atoms with Crippen molar-refractivity contribution < 1.29 is 4.42 Å². The zero-order chi connectivity index (χ0) is 14.0. The second-order valence-electron chi connectivity index (χ2n) is 5.45. The molecule has 0 aliphatic heterocycles. The second-order valence-corrected chi connectivity index (χ2v) is 5.45. The zero-order valence-electron chi connectivity index (χ0n) is 11.9. The summed E-state index contributed by atoms with van der Waals surface area (Å²) >= 11 is 0. The van der Waals surface area contributed by atoms with Gasteiger partial charge < -0.3 is 15.1 Å². The van der Waals surface area contributed by atoms with Crippen LogP contribution < -0.4 is 16.4 Å². The number of nitrogens with zero attached hydrogens (tertiary/aromatic N) is 1. The van der Waals surface area contributed by atoms with Crippen LogP contribution in [0.4, 0.5) is 0 Å². The second kappa shape index (κ2) is 5.19. The van der Waals surface area contributed by atoms with Gasteiger partial charge in [-0.3, -0.25) is 4.57 Å². The van der Waals surface area contributed by atoms with E-state index >= 15 is 0 Å². The number of fused-ring (bicyclic) bond motifs is 1. The van der Waals surface area contributed by atoms with Gasteiger partial charge in [-0.15, -0.1) is 0 Å². The molecular formula is C14H21N3O2. The number of aryl methyl sites for hydroxylation is 1. The molecule has 2 aromatic rings. The molecule has 0 saturated heterocycles. The minimum absolute atomic E-state index is 0.0155. The molecule has 0 aliphatic rings. The molecular weight excluding hydrogens is 242 g/mol. The molecule has 1 heterocycles. The van der Waals surface area contributed by atoms with Gasteiger partial charge in [0.05, 0.1) is 5.52 Å². The Labute approximate surface area is 112 Å². The first-order valence-electron chi connectivity index (χ1n) is 6.41. The van der Waals surface area contributed by atoms with E-state index in [9.17, 15) is 4.79 Å². The lowest BCUT2D eigenvalue weighted by molar-refractivity contribution is 0.461. The lowest BCUT2D eigenvalue weighted by Gasteiger charge is -2.25. The largest absolute Gasteiger partial charge is 0.419 e. The summed E-state index contributed by atoms with van der Waals surface area (Å²) in [6, 6.07) is 5.92. The molecule has 104 valence electrons. The molecule has 2 rings (SSSR count). The Hall–Kier alpha value is -1.59. The Morgan fingerprint density at radius 1 is 1.37 bits per heavy atom. The first kappa shape index (κ1) is 13.8. The minimum atomic E-state index is -0.321. The monoisotopic (exact) mass is 263 g/mol. The van der Waals surface area contributed by atoms with E-state index in [0.29, 0.717) is 5.58 Å². The van der Waals surface area contributed by atoms with Crippen molar-refractivity contribution in [1.82, 2.24) is 15.2 Å². The Morgan fingerprint density at radius 2 is 2.11 bits per heavy atom. The number of hydrogen-bond donors (Lipinski definition) is 2. The summed E-state index contributed by atoms with van der Waals surface area (Å²) in [5.74, 6) is -0.321. The Morgan fingerprint density at radius 3 is 2.79 bits per heavy atom. The molecule has 1 aromatic heterocycles. The van der Waals surface area contributed by atoms with E-state index < -0.39 is 0 Å². The maximum absolute atomic E-state index is 11.5. The summed E-state index contributed by atoms with van der Waals surface area (Å²) in [7, 11) is 3.64. The first-order valence-corrected chi connectivity index (χ1v) is 6.41. The number of nitrogens with one attached hydrogen (secondary N) is 2. The predicted molar refractivity (Wildman–Crippen MR) is 76.4 cm³/mol. The highest BCUT2D eigenvalue weighted by molar-refractivity contribution is 5.74. The van der Waals surface area contributed by atoms with Crippen molar-refractivity contribution in [3.8, 4) is 0 Å². The molecule has 5 nitrogen and oxygen atoms in total. The van der Waals surface area contributed by atoms with Crippen LogP contribution in [0.5, 0.6) is 0 Å². The van der Waals surface area contributed by atoms with Gasteiger partial charge in [-0.05, 0) is 24.7 Å². The van der Waals surface area contributed by atoms with Crippen molar-refractivity contribution in [2.45, 2.75) is 19.3 Å². The van der Waals surface area contributed by atoms with Crippen LogP contribution in [0.2, 0.25) is 0 Å². The van der Waals surface area contributed by atoms with Crippen molar-refractivity contribution in [3.05, 3.63) is 34.3 Å². The van der Waals surface area contributed by atoms with Crippen LogP contribution in [0.1, 0.15) is 19.4 Å². The molecule has 0 radical (unpaired) electrons. The number of benzene rings is 1. The van der Waals surface area contributed by atoms with Crippen molar-refractivity contribution in [2.75, 3.05) is 20.3 Å². The summed E-state index contributed by atoms with van der Waals surface area (Å²) in [6.07, 6.45) is 0. The fourth-order valence-corrected chi connectivity index (χ4v) is 2.15. The molecule has 5 heteroatoms. The van der Waals surface area contributed by atoms with Crippen LogP contribution in [0.3, 0.4) is 0 Å². The van der Waals surface area contributed by atoms with Crippen molar-refractivity contribution >= 4 is 11.1 Å². The molecule has 0 fully saturated rings. The van der Waals surface area contributed by atoms with Gasteiger partial charge in [-0.2, -0.15) is 0 Å². The third-order valence-electron chi connectivity index (χ3n) is 3.44. The average molecular weight is 263 g/mol. The average Bonchev–Trinajstić information content (AvgIpc) is 2.65. The Kier molecular flexibility index (Phi) is 3.78. The first-order chi connectivity index (χ1) is 8.95. The SMILES string of the molecule is CNCNCC(C)(C)c1ccc2oc(=O)n(C)c2c1. The highest BCUT2D eigenvalue weighted by Crippen LogP contribution is 2.25. The summed E-state index contributed by atoms with van der Waals surface area (Å²) in [5.41, 5.74) is 2.64. The van der Waals surface area contributed by atoms with E-state index in [4.69, 9.17) is 4.42 Å². The van der Waals surface area contributed by atoms with E-state index in [1.54, 1.807) is 7.05 Å². The van der Waals surface area contributed by atoms with E-state index in [2.05, 4.69) is 24.5 Å². The van der Waals surface area contributed by atoms with Gasteiger partial charge in [0.25, 0.3) is 0 Å². The van der Waals surface area contributed by atoms with Crippen LogP contribution in [0, 0.1) is 0 Å². The summed E-state index contributed by atoms with van der Waals surface area (Å²) < 4.78 is 6.68. The fraction of sp³-hybridized carbons (Fsp3) is 0.500. The molecule has 0 aliphatic carbocycles. The van der Waals surface area contributed by atoms with E-state index in [0.717, 1.165) is 18.7 Å². The molecule has 19 heavy (non-hydrogen) atoms. The lowest BCUT2D eigenvalue weighted by Crippen LogP contribution is -2.37. The predicted octanol–water partition coefficient (Wildman–Crippen LogP) is 1.18. The van der Waals surface area contributed by atoms with Crippen LogP contribution in [-0.4, -0.2) is 24.8 Å². The topological polar surface area (TPSA) is 59.2 Å². The normalized spacial score (nSPS) is 12.2. The molecule has 0 atom stereocenters. The van der Waals surface area contributed by atoms with Gasteiger partial charge >= 0.3 is 5.76 Å². The number of rotatable bonds is 5. The molecule has 0 unspecified atom stereocenters. The van der Waals surface area contributed by atoms with Gasteiger partial charge in [0, 0.05) is 25.7 Å². The van der Waals surface area contributed by atoms with Crippen molar-refractivity contribution in [3.63, 3.8) is 0 Å². The lowest BCUT2D eigenvalue weighted by atomic mass is 9.84. The van der Waals surface area contributed by atoms with E-state index in [1.807, 2.05) is 25.2 Å². The van der Waals surface area contributed by atoms with Gasteiger partial charge in [-0.1, -0.05) is 19.9 Å². The summed E-state index contributed by atoms with van der Waals surface area (Å²) in [6.45, 7) is 5.98. The van der Waals surface area contributed by atoms with Crippen molar-refractivity contribution in [1.29, 1.82) is 0 Å². The standard InChI is InChI=1S/C14H21N3O2/c1-14(2,8-16-9-15-3)10-5-6-12-11(7-10)17(4)13(18)19-12/h5-7,15-16H,8-9H2,1-4H3. The highest BCUT2D eigenvalue weighted by Gasteiger charge is 2.21. The molecule has 0 spiro atoms. The van der Waals surface area contributed by atoms with Crippen LogP contribution >= 0.6 is 0 Å². The maximum atomic E-state index is 11.5. The number of oxazole rings is 1. The molecule has 0 amide bonds. The highest BCUT2D eigenvalue weighted by atomic mass is 16.4. The fourth-order valence-electron chi connectivity index (χ4n) is 2.15. The molecule has 0 bridgehead atoms. The Bertz CT molecular complexity index is 625. The summed E-state index contributed by atoms with van der Waals surface area (Å²) in [5, 5.41) is 6.40. The minimum Gasteiger partial charge on any atom is -0.408 e. The third-order valence-corrected chi connectivity index (χ3v) is 3.44. The van der Waals surface area contributed by atoms with Crippen LogP contribution in [0.25, 0.3) is 11.1 Å². The van der Waals surface area contributed by atoms with Crippen LogP contribution in [0.15, 0.2) is 27.4 Å². The molecule has 2 N–H and O–H groups in total. The quantitative estimate of drug-likeness (QED) is 0.628. The molecule has 0 saturated carbocycles. The smallest absolute Gasteiger partial charge is 0.408 e. The zero-order valence-corrected chi connectivity index (χ0v) is 11.9. The van der Waals surface area contributed by atoms with Gasteiger partial charge in [-0.25, -0.2) is 4.79 Å². The third kappa shape index (κ3) is 2.72. The van der Waals surface area contributed by atoms with E-state index in [-0.39, 0.29) is 11.2 Å². The van der Waals surface area contributed by atoms with Gasteiger partial charge in [0.2, 0.25) is 0 Å². The van der Waals surface area contributed by atoms with Gasteiger partial charge in [0.1, 0.15) is 0 Å². The van der Waals surface area contributed by atoms with Crippen LogP contribution in [-0.2, 0) is 12.5 Å².